The number of amides is 2. The molecule has 1 aromatic carbocycles. The monoisotopic (exact) mass is 392 g/mol. The predicted molar refractivity (Wildman–Crippen MR) is 97.4 cm³/mol. The molecular weight excluding hydrogens is 372 g/mol. The van der Waals surface area contributed by atoms with Gasteiger partial charge in [-0.25, -0.2) is 4.79 Å². The molecule has 144 valence electrons. The number of halogens is 1. The van der Waals surface area contributed by atoms with Gasteiger partial charge in [0.15, 0.2) is 0 Å². The zero-order chi connectivity index (χ0) is 19.1. The number of aliphatic carboxylic acids is 1. The quantitative estimate of drug-likeness (QED) is 0.793. The second-order valence-corrected chi connectivity index (χ2v) is 7.89. The first-order chi connectivity index (χ1) is 12.9. The van der Waals surface area contributed by atoms with Crippen molar-refractivity contribution in [3.63, 3.8) is 0 Å². The normalized spacial score (nSPS) is 22.9. The number of nitrogens with zero attached hydrogens (tertiary/aromatic N) is 2. The van der Waals surface area contributed by atoms with E-state index in [-0.39, 0.29) is 24.9 Å². The minimum Gasteiger partial charge on any atom is -0.481 e. The van der Waals surface area contributed by atoms with Gasteiger partial charge in [0.25, 0.3) is 5.91 Å². The van der Waals surface area contributed by atoms with Crippen molar-refractivity contribution >= 4 is 35.3 Å². The van der Waals surface area contributed by atoms with E-state index in [2.05, 4.69) is 0 Å². The van der Waals surface area contributed by atoms with E-state index in [1.54, 1.807) is 11.0 Å². The van der Waals surface area contributed by atoms with Crippen molar-refractivity contribution in [2.75, 3.05) is 4.90 Å². The molecule has 1 aliphatic heterocycles. The minimum atomic E-state index is -1.05. The molecule has 2 fully saturated rings. The second-order valence-electron chi connectivity index (χ2n) is 7.45. The Balaban J connectivity index is 1.53. The van der Waals surface area contributed by atoms with Crippen LogP contribution >= 0.6 is 11.6 Å². The van der Waals surface area contributed by atoms with Gasteiger partial charge in [0.2, 0.25) is 0 Å². The largest absolute Gasteiger partial charge is 0.481 e. The number of carbonyl (C=O) groups excluding carboxylic acids is 2. The van der Waals surface area contributed by atoms with E-state index >= 15 is 0 Å². The summed E-state index contributed by atoms with van der Waals surface area (Å²) in [5.74, 6) is -1.13. The highest BCUT2D eigenvalue weighted by molar-refractivity contribution is 6.31. The van der Waals surface area contributed by atoms with Crippen LogP contribution in [0.2, 0.25) is 5.02 Å². The maximum atomic E-state index is 13.0. The maximum Gasteiger partial charge on any atom is 0.439 e. The zero-order valence-corrected chi connectivity index (χ0v) is 15.5. The van der Waals surface area contributed by atoms with Crippen molar-refractivity contribution < 1.29 is 24.3 Å². The Bertz CT molecular complexity index is 794. The van der Waals surface area contributed by atoms with E-state index in [1.165, 1.54) is 0 Å². The van der Waals surface area contributed by atoms with Gasteiger partial charge >= 0.3 is 12.1 Å². The van der Waals surface area contributed by atoms with E-state index in [0.29, 0.717) is 10.9 Å². The van der Waals surface area contributed by atoms with E-state index in [4.69, 9.17) is 21.5 Å². The molecule has 2 amide bonds. The van der Waals surface area contributed by atoms with Gasteiger partial charge < -0.3 is 9.94 Å². The molecule has 0 unspecified atom stereocenters. The van der Waals surface area contributed by atoms with Crippen LogP contribution in [0.5, 0.6) is 0 Å². The van der Waals surface area contributed by atoms with E-state index < -0.39 is 18.0 Å². The van der Waals surface area contributed by atoms with E-state index in [0.717, 1.165) is 48.4 Å². The van der Waals surface area contributed by atoms with Crippen molar-refractivity contribution in [1.29, 1.82) is 0 Å². The molecule has 7 nitrogen and oxygen atoms in total. The molecule has 0 saturated heterocycles. The van der Waals surface area contributed by atoms with E-state index in [9.17, 15) is 14.4 Å². The van der Waals surface area contributed by atoms with Gasteiger partial charge in [0.1, 0.15) is 0 Å². The summed E-state index contributed by atoms with van der Waals surface area (Å²) in [6, 6.07) is 5.41. The molecule has 4 rings (SSSR count). The highest BCUT2D eigenvalue weighted by Gasteiger charge is 2.46. The highest BCUT2D eigenvalue weighted by Crippen LogP contribution is 2.45. The molecule has 8 heteroatoms. The van der Waals surface area contributed by atoms with Gasteiger partial charge in [-0.2, -0.15) is 5.06 Å². The van der Waals surface area contributed by atoms with Crippen LogP contribution in [0.15, 0.2) is 18.2 Å². The molecule has 2 aliphatic carbocycles. The fourth-order valence-electron chi connectivity index (χ4n) is 3.85. The Morgan fingerprint density at radius 1 is 1.19 bits per heavy atom. The third-order valence-corrected chi connectivity index (χ3v) is 5.78. The summed E-state index contributed by atoms with van der Waals surface area (Å²) >= 11 is 6.14. The van der Waals surface area contributed by atoms with Crippen LogP contribution in [0.1, 0.15) is 44.1 Å². The topological polar surface area (TPSA) is 87.1 Å². The number of rotatable bonds is 4. The van der Waals surface area contributed by atoms with Crippen molar-refractivity contribution in [1.82, 2.24) is 5.06 Å². The lowest BCUT2D eigenvalue weighted by Crippen LogP contribution is -2.55. The maximum absolute atomic E-state index is 13.0. The predicted octanol–water partition coefficient (Wildman–Crippen LogP) is 3.39. The summed E-state index contributed by atoms with van der Waals surface area (Å²) in [5.41, 5.74) is 1.79. The Kier molecular flexibility index (Phi) is 4.72. The van der Waals surface area contributed by atoms with Gasteiger partial charge in [0, 0.05) is 17.5 Å². The van der Waals surface area contributed by atoms with Crippen LogP contribution in [0.3, 0.4) is 0 Å². The first kappa shape index (κ1) is 18.1. The lowest BCUT2D eigenvalue weighted by molar-refractivity contribution is -0.169. The highest BCUT2D eigenvalue weighted by atomic mass is 35.5. The molecule has 2 saturated carbocycles. The molecule has 0 radical (unpaired) electrons. The zero-order valence-electron chi connectivity index (χ0n) is 14.8. The minimum absolute atomic E-state index is 0.0543. The third-order valence-electron chi connectivity index (χ3n) is 5.55. The summed E-state index contributed by atoms with van der Waals surface area (Å²) < 4.78 is 0. The molecule has 1 N–H and O–H groups in total. The van der Waals surface area contributed by atoms with Crippen LogP contribution < -0.4 is 4.90 Å². The number of hydrogen-bond donors (Lipinski definition) is 1. The van der Waals surface area contributed by atoms with Crippen molar-refractivity contribution in [3.05, 3.63) is 28.8 Å². The Hall–Kier alpha value is -2.28. The van der Waals surface area contributed by atoms with Crippen molar-refractivity contribution in [3.8, 4) is 0 Å². The van der Waals surface area contributed by atoms with E-state index in [1.807, 2.05) is 12.1 Å². The summed E-state index contributed by atoms with van der Waals surface area (Å²) in [6.45, 7) is 0. The number of carbonyl (C=O) groups is 3. The third kappa shape index (κ3) is 3.60. The van der Waals surface area contributed by atoms with Crippen LogP contribution in [-0.2, 0) is 20.8 Å². The van der Waals surface area contributed by atoms with Crippen LogP contribution in [0.25, 0.3) is 0 Å². The summed E-state index contributed by atoms with van der Waals surface area (Å²) in [4.78, 5) is 43.2. The average Bonchev–Trinajstić information content (AvgIpc) is 3.43. The number of benzene rings is 1. The van der Waals surface area contributed by atoms with Gasteiger partial charge in [-0.15, -0.1) is 0 Å². The molecular formula is C19H21ClN2O5. The van der Waals surface area contributed by atoms with Crippen molar-refractivity contribution in [2.45, 2.75) is 57.0 Å². The standard InChI is InChI=1S/C19H21ClN2O5/c20-13-3-1-12-9-11-2-6-15(11)21(16(12)10-13)19(26)27-22(14-4-5-14)17(23)7-8-18(24)25/h1,3,10-11,14-15H,2,4-9H2,(H,24,25)/t11-,15-/m1/s1. The Morgan fingerprint density at radius 2 is 1.96 bits per heavy atom. The Labute approximate surface area is 161 Å². The smallest absolute Gasteiger partial charge is 0.439 e. The van der Waals surface area contributed by atoms with Crippen LogP contribution in [0.4, 0.5) is 10.5 Å². The first-order valence-electron chi connectivity index (χ1n) is 9.27. The molecule has 2 atom stereocenters. The fourth-order valence-corrected chi connectivity index (χ4v) is 4.01. The SMILES string of the molecule is O=C(O)CCC(=O)N(OC(=O)N1c2cc(Cl)ccc2C[C@H]2CC[C@H]21)C1CC1. The number of carboxylic acid groups (broad SMARTS) is 1. The first-order valence-corrected chi connectivity index (χ1v) is 9.65. The van der Waals surface area contributed by atoms with Crippen LogP contribution in [-0.4, -0.2) is 40.2 Å². The van der Waals surface area contributed by atoms with Gasteiger partial charge in [-0.05, 0) is 55.7 Å². The number of carboxylic acids is 1. The molecule has 27 heavy (non-hydrogen) atoms. The number of hydroxylamine groups is 2. The molecule has 0 spiro atoms. The van der Waals surface area contributed by atoms with Gasteiger partial charge in [-0.1, -0.05) is 17.7 Å². The average molecular weight is 393 g/mol. The van der Waals surface area contributed by atoms with Gasteiger partial charge in [0.05, 0.1) is 18.2 Å². The summed E-state index contributed by atoms with van der Waals surface area (Å²) in [7, 11) is 0. The lowest BCUT2D eigenvalue weighted by Gasteiger charge is -2.48. The molecule has 1 aromatic rings. The molecule has 1 heterocycles. The second kappa shape index (κ2) is 7.03. The molecule has 3 aliphatic rings. The molecule has 0 aromatic heterocycles. The Morgan fingerprint density at radius 3 is 2.59 bits per heavy atom. The number of fused-ring (bicyclic) bond motifs is 2. The number of hydrogen-bond acceptors (Lipinski definition) is 4. The summed E-state index contributed by atoms with van der Waals surface area (Å²) in [6.07, 6.45) is 3.29. The van der Waals surface area contributed by atoms with Crippen molar-refractivity contribution in [2.24, 2.45) is 5.92 Å². The lowest BCUT2D eigenvalue weighted by atomic mass is 9.72. The summed E-state index contributed by atoms with van der Waals surface area (Å²) in [5, 5.41) is 10.4. The molecule has 0 bridgehead atoms. The van der Waals surface area contributed by atoms with Crippen LogP contribution in [0, 0.1) is 5.92 Å². The fraction of sp³-hybridized carbons (Fsp3) is 0.526. The van der Waals surface area contributed by atoms with Gasteiger partial charge in [-0.3, -0.25) is 14.5 Å². The number of anilines is 1.